The average molecular weight is 290 g/mol. The first-order valence-corrected chi connectivity index (χ1v) is 8.60. The molecule has 0 N–H and O–H groups in total. The van der Waals surface area contributed by atoms with Gasteiger partial charge < -0.3 is 0 Å². The average Bonchev–Trinajstić information content (AvgIpc) is 2.35. The van der Waals surface area contributed by atoms with Crippen LogP contribution in [0.15, 0.2) is 35.7 Å². The molecule has 1 atom stereocenters. The summed E-state index contributed by atoms with van der Waals surface area (Å²) in [6.07, 6.45) is 1.12. The van der Waals surface area contributed by atoms with Crippen molar-refractivity contribution in [2.75, 3.05) is 11.5 Å². The van der Waals surface area contributed by atoms with E-state index in [0.29, 0.717) is 0 Å². The molecule has 0 saturated carbocycles. The number of hydrogen-bond acceptors (Lipinski definition) is 4. The molecular formula is C11H11FO4S2. The molecule has 0 amide bonds. The predicted molar refractivity (Wildman–Crippen MR) is 65.9 cm³/mol. The molecule has 0 aromatic heterocycles. The maximum Gasteiger partial charge on any atom is 0.179 e. The first kappa shape index (κ1) is 13.2. The first-order valence-electron chi connectivity index (χ1n) is 5.16. The van der Waals surface area contributed by atoms with Crippen LogP contribution in [-0.4, -0.2) is 28.3 Å². The number of halogens is 1. The molecule has 1 heterocycles. The van der Waals surface area contributed by atoms with Gasteiger partial charge in [0.25, 0.3) is 0 Å². The zero-order valence-electron chi connectivity index (χ0n) is 9.28. The van der Waals surface area contributed by atoms with Gasteiger partial charge in [-0.3, -0.25) is 0 Å². The van der Waals surface area contributed by atoms with Crippen molar-refractivity contribution in [2.45, 2.75) is 5.25 Å². The third-order valence-corrected chi connectivity index (χ3v) is 6.21. The molecule has 1 aromatic carbocycles. The van der Waals surface area contributed by atoms with Crippen LogP contribution in [0.25, 0.3) is 0 Å². The molecule has 0 saturated heterocycles. The van der Waals surface area contributed by atoms with Gasteiger partial charge in [0.2, 0.25) is 0 Å². The standard InChI is InChI=1S/C11H11FO4S2/c12-10-4-1-3-9(7-10)11-8-17(13,14)5-2-6-18(11,15)16/h1-4,6-7,11H,5,8H2. The molecule has 18 heavy (non-hydrogen) atoms. The second-order valence-electron chi connectivity index (χ2n) is 4.08. The van der Waals surface area contributed by atoms with Gasteiger partial charge in [0.15, 0.2) is 19.7 Å². The van der Waals surface area contributed by atoms with Crippen LogP contribution < -0.4 is 0 Å². The Morgan fingerprint density at radius 2 is 1.89 bits per heavy atom. The fraction of sp³-hybridized carbons (Fsp3) is 0.273. The molecule has 0 bridgehead atoms. The van der Waals surface area contributed by atoms with Crippen LogP contribution in [0.3, 0.4) is 0 Å². The highest BCUT2D eigenvalue weighted by Crippen LogP contribution is 2.28. The molecule has 2 rings (SSSR count). The summed E-state index contributed by atoms with van der Waals surface area (Å²) in [7, 11) is -7.22. The minimum Gasteiger partial charge on any atom is -0.228 e. The number of benzene rings is 1. The molecule has 0 fully saturated rings. The van der Waals surface area contributed by atoms with E-state index in [9.17, 15) is 21.2 Å². The second kappa shape index (κ2) is 4.47. The lowest BCUT2D eigenvalue weighted by atomic mass is 10.2. The Kier molecular flexibility index (Phi) is 3.29. The number of sulfone groups is 2. The van der Waals surface area contributed by atoms with Gasteiger partial charge in [-0.15, -0.1) is 0 Å². The summed E-state index contributed by atoms with van der Waals surface area (Å²) in [4.78, 5) is 0. The Hall–Kier alpha value is -1.21. The topological polar surface area (TPSA) is 68.3 Å². The van der Waals surface area contributed by atoms with E-state index in [1.807, 2.05) is 0 Å². The van der Waals surface area contributed by atoms with E-state index in [-0.39, 0.29) is 11.3 Å². The van der Waals surface area contributed by atoms with Crippen LogP contribution >= 0.6 is 0 Å². The van der Waals surface area contributed by atoms with E-state index in [1.165, 1.54) is 18.2 Å². The molecule has 4 nitrogen and oxygen atoms in total. The van der Waals surface area contributed by atoms with Crippen molar-refractivity contribution in [3.05, 3.63) is 47.1 Å². The summed E-state index contributed by atoms with van der Waals surface area (Å²) >= 11 is 0. The van der Waals surface area contributed by atoms with E-state index in [2.05, 4.69) is 0 Å². The molecule has 98 valence electrons. The summed E-state index contributed by atoms with van der Waals surface area (Å²) in [6.45, 7) is 0. The molecule has 0 radical (unpaired) electrons. The van der Waals surface area contributed by atoms with Crippen molar-refractivity contribution >= 4 is 19.7 Å². The molecule has 1 aliphatic rings. The van der Waals surface area contributed by atoms with Crippen molar-refractivity contribution in [3.8, 4) is 0 Å². The Bertz CT molecular complexity index is 690. The van der Waals surface area contributed by atoms with Crippen LogP contribution in [0, 0.1) is 5.82 Å². The Labute approximate surface area is 105 Å². The maximum absolute atomic E-state index is 13.1. The first-order chi connectivity index (χ1) is 8.30. The van der Waals surface area contributed by atoms with Crippen molar-refractivity contribution in [1.29, 1.82) is 0 Å². The second-order valence-corrected chi connectivity index (χ2v) is 8.25. The molecule has 1 aliphatic heterocycles. The third-order valence-electron chi connectivity index (χ3n) is 2.66. The third kappa shape index (κ3) is 2.78. The van der Waals surface area contributed by atoms with Crippen molar-refractivity contribution in [1.82, 2.24) is 0 Å². The molecular weight excluding hydrogens is 279 g/mol. The van der Waals surface area contributed by atoms with Gasteiger partial charge in [-0.1, -0.05) is 18.2 Å². The molecule has 0 spiro atoms. The van der Waals surface area contributed by atoms with E-state index in [1.54, 1.807) is 0 Å². The van der Waals surface area contributed by atoms with Crippen molar-refractivity contribution < 1.29 is 21.2 Å². The number of hydrogen-bond donors (Lipinski definition) is 0. The van der Waals surface area contributed by atoms with Crippen LogP contribution in [-0.2, 0) is 19.7 Å². The Morgan fingerprint density at radius 3 is 2.56 bits per heavy atom. The Balaban J connectivity index is 2.55. The molecule has 7 heteroatoms. The van der Waals surface area contributed by atoms with Gasteiger partial charge >= 0.3 is 0 Å². The van der Waals surface area contributed by atoms with Crippen LogP contribution in [0.5, 0.6) is 0 Å². The summed E-state index contributed by atoms with van der Waals surface area (Å²) in [5.41, 5.74) is 0.158. The lowest BCUT2D eigenvalue weighted by Gasteiger charge is -2.13. The van der Waals surface area contributed by atoms with Gasteiger partial charge in [-0.2, -0.15) is 0 Å². The van der Waals surface area contributed by atoms with E-state index >= 15 is 0 Å². The minimum absolute atomic E-state index is 0.158. The quantitative estimate of drug-likeness (QED) is 0.780. The highest BCUT2D eigenvalue weighted by Gasteiger charge is 2.32. The lowest BCUT2D eigenvalue weighted by molar-refractivity contribution is 0.583. The van der Waals surface area contributed by atoms with Gasteiger partial charge in [-0.05, 0) is 17.7 Å². The lowest BCUT2D eigenvalue weighted by Crippen LogP contribution is -2.20. The van der Waals surface area contributed by atoms with Crippen LogP contribution in [0.4, 0.5) is 4.39 Å². The highest BCUT2D eigenvalue weighted by molar-refractivity contribution is 7.97. The zero-order chi connectivity index (χ0) is 13.4. The maximum atomic E-state index is 13.1. The molecule has 0 aliphatic carbocycles. The summed E-state index contributed by atoms with van der Waals surface area (Å²) < 4.78 is 60.2. The van der Waals surface area contributed by atoms with E-state index in [4.69, 9.17) is 0 Å². The zero-order valence-corrected chi connectivity index (χ0v) is 10.9. The van der Waals surface area contributed by atoms with Gasteiger partial charge in [0.1, 0.15) is 11.1 Å². The van der Waals surface area contributed by atoms with Crippen molar-refractivity contribution in [3.63, 3.8) is 0 Å². The largest absolute Gasteiger partial charge is 0.228 e. The predicted octanol–water partition coefficient (Wildman–Crippen LogP) is 1.22. The fourth-order valence-corrected chi connectivity index (χ4v) is 5.56. The monoisotopic (exact) mass is 290 g/mol. The summed E-state index contributed by atoms with van der Waals surface area (Å²) in [5.74, 6) is -1.42. The number of rotatable bonds is 1. The minimum atomic E-state index is -3.73. The van der Waals surface area contributed by atoms with Gasteiger partial charge in [-0.25, -0.2) is 21.2 Å². The highest BCUT2D eigenvalue weighted by atomic mass is 32.2. The van der Waals surface area contributed by atoms with Crippen LogP contribution in [0.2, 0.25) is 0 Å². The van der Waals surface area contributed by atoms with Gasteiger partial charge in [0, 0.05) is 5.41 Å². The normalized spacial score (nSPS) is 25.5. The van der Waals surface area contributed by atoms with E-state index < -0.39 is 36.5 Å². The Morgan fingerprint density at radius 1 is 1.17 bits per heavy atom. The fourth-order valence-electron chi connectivity index (χ4n) is 1.80. The van der Waals surface area contributed by atoms with E-state index in [0.717, 1.165) is 17.6 Å². The summed E-state index contributed by atoms with van der Waals surface area (Å²) in [6, 6.07) is 5.01. The van der Waals surface area contributed by atoms with Crippen LogP contribution in [0.1, 0.15) is 10.8 Å². The van der Waals surface area contributed by atoms with Crippen molar-refractivity contribution in [2.24, 2.45) is 0 Å². The molecule has 1 unspecified atom stereocenters. The SMILES string of the molecule is O=S1(=O)CC=CS(=O)(=O)C(c2cccc(F)c2)C1. The van der Waals surface area contributed by atoms with Gasteiger partial charge in [0.05, 0.1) is 11.5 Å². The smallest absolute Gasteiger partial charge is 0.179 e. The molecule has 1 aromatic rings. The summed E-state index contributed by atoms with van der Waals surface area (Å²) in [5, 5.41) is -0.343.